The molecule has 4 nitrogen and oxygen atoms in total. The fourth-order valence-electron chi connectivity index (χ4n) is 2.36. The molecule has 0 aliphatic carbocycles. The van der Waals surface area contributed by atoms with Crippen LogP contribution in [-0.2, 0) is 12.8 Å². The Balaban J connectivity index is 2.35. The van der Waals surface area contributed by atoms with Gasteiger partial charge in [0.1, 0.15) is 12.4 Å². The van der Waals surface area contributed by atoms with Crippen molar-refractivity contribution in [3.63, 3.8) is 0 Å². The molecule has 140 valence electrons. The lowest BCUT2D eigenvalue weighted by Gasteiger charge is -2.20. The monoisotopic (exact) mass is 385 g/mol. The molecular formula is C18H18F3NO3S. The zero-order chi connectivity index (χ0) is 19.5. The first-order valence-electron chi connectivity index (χ1n) is 7.60. The Kier molecular flexibility index (Phi) is 6.20. The SMILES string of the molecule is CSC(=O)N(O)c1cc(C(F)(F)F)ccc1COc1ccc(C)cc1C. The van der Waals surface area contributed by atoms with Gasteiger partial charge in [0.2, 0.25) is 0 Å². The topological polar surface area (TPSA) is 49.8 Å². The number of hydroxylamine groups is 1. The van der Waals surface area contributed by atoms with Crippen molar-refractivity contribution in [2.45, 2.75) is 26.6 Å². The molecule has 0 fully saturated rings. The van der Waals surface area contributed by atoms with E-state index in [9.17, 15) is 23.2 Å². The molecule has 2 aromatic rings. The van der Waals surface area contributed by atoms with Gasteiger partial charge in [-0.3, -0.25) is 10.0 Å². The average molecular weight is 385 g/mol. The first-order valence-corrected chi connectivity index (χ1v) is 8.83. The summed E-state index contributed by atoms with van der Waals surface area (Å²) in [6.45, 7) is 3.68. The third-order valence-corrected chi connectivity index (χ3v) is 4.22. The predicted molar refractivity (Wildman–Crippen MR) is 94.9 cm³/mol. The van der Waals surface area contributed by atoms with E-state index in [0.29, 0.717) is 17.5 Å². The molecule has 0 spiro atoms. The van der Waals surface area contributed by atoms with Crippen LogP contribution in [0.2, 0.25) is 0 Å². The molecule has 1 amide bonds. The summed E-state index contributed by atoms with van der Waals surface area (Å²) in [5, 5.41) is 9.40. The normalized spacial score (nSPS) is 11.3. The lowest BCUT2D eigenvalue weighted by molar-refractivity contribution is -0.137. The second-order valence-electron chi connectivity index (χ2n) is 5.68. The summed E-state index contributed by atoms with van der Waals surface area (Å²) in [6, 6.07) is 8.34. The summed E-state index contributed by atoms with van der Waals surface area (Å²) in [6.07, 6.45) is -3.17. The van der Waals surface area contributed by atoms with Crippen molar-refractivity contribution in [1.82, 2.24) is 0 Å². The van der Waals surface area contributed by atoms with Crippen LogP contribution >= 0.6 is 11.8 Å². The van der Waals surface area contributed by atoms with Crippen molar-refractivity contribution < 1.29 is 27.9 Å². The number of aryl methyl sites for hydroxylation is 2. The van der Waals surface area contributed by atoms with Gasteiger partial charge >= 0.3 is 11.4 Å². The van der Waals surface area contributed by atoms with E-state index < -0.39 is 17.0 Å². The molecule has 26 heavy (non-hydrogen) atoms. The van der Waals surface area contributed by atoms with Gasteiger partial charge in [-0.25, -0.2) is 0 Å². The molecule has 0 atom stereocenters. The van der Waals surface area contributed by atoms with Crippen LogP contribution in [0.3, 0.4) is 0 Å². The highest BCUT2D eigenvalue weighted by Gasteiger charge is 2.32. The molecular weight excluding hydrogens is 367 g/mol. The number of hydrogen-bond donors (Lipinski definition) is 1. The Hall–Kier alpha value is -2.19. The number of anilines is 1. The minimum absolute atomic E-state index is 0.101. The largest absolute Gasteiger partial charge is 0.489 e. The van der Waals surface area contributed by atoms with Crippen LogP contribution in [0.4, 0.5) is 23.7 Å². The molecule has 2 rings (SSSR count). The Bertz CT molecular complexity index is 809. The summed E-state index contributed by atoms with van der Waals surface area (Å²) in [5.41, 5.74) is 0.958. The van der Waals surface area contributed by atoms with Gasteiger partial charge in [0, 0.05) is 5.56 Å². The van der Waals surface area contributed by atoms with Crippen molar-refractivity contribution in [3.05, 3.63) is 58.7 Å². The molecule has 0 saturated carbocycles. The zero-order valence-electron chi connectivity index (χ0n) is 14.4. The van der Waals surface area contributed by atoms with Crippen LogP contribution in [0.5, 0.6) is 5.75 Å². The van der Waals surface area contributed by atoms with Crippen LogP contribution in [0.25, 0.3) is 0 Å². The lowest BCUT2D eigenvalue weighted by Crippen LogP contribution is -2.24. The fraction of sp³-hybridized carbons (Fsp3) is 0.278. The van der Waals surface area contributed by atoms with E-state index >= 15 is 0 Å². The maximum Gasteiger partial charge on any atom is 0.416 e. The number of benzene rings is 2. The summed E-state index contributed by atoms with van der Waals surface area (Å²) in [7, 11) is 0. The molecule has 0 aromatic heterocycles. The molecule has 0 heterocycles. The molecule has 0 saturated heterocycles. The van der Waals surface area contributed by atoms with E-state index in [1.54, 1.807) is 6.07 Å². The van der Waals surface area contributed by atoms with Gasteiger partial charge in [-0.1, -0.05) is 35.5 Å². The summed E-state index contributed by atoms with van der Waals surface area (Å²) in [5.74, 6) is 0.571. The highest BCUT2D eigenvalue weighted by Crippen LogP contribution is 2.34. The van der Waals surface area contributed by atoms with Crippen LogP contribution in [0.15, 0.2) is 36.4 Å². The number of halogens is 3. The number of ether oxygens (including phenoxy) is 1. The third kappa shape index (κ3) is 4.70. The highest BCUT2D eigenvalue weighted by molar-refractivity contribution is 8.13. The molecule has 1 N–H and O–H groups in total. The van der Waals surface area contributed by atoms with Gasteiger partial charge in [0.05, 0.1) is 11.3 Å². The Morgan fingerprint density at radius 2 is 1.88 bits per heavy atom. The van der Waals surface area contributed by atoms with E-state index in [2.05, 4.69) is 0 Å². The lowest BCUT2D eigenvalue weighted by atomic mass is 10.1. The first-order chi connectivity index (χ1) is 12.1. The number of amides is 1. The van der Waals surface area contributed by atoms with E-state index in [0.717, 1.165) is 23.3 Å². The smallest absolute Gasteiger partial charge is 0.416 e. The third-order valence-electron chi connectivity index (χ3n) is 3.70. The molecule has 0 radical (unpaired) electrons. The zero-order valence-corrected chi connectivity index (χ0v) is 15.2. The molecule has 0 aliphatic heterocycles. The van der Waals surface area contributed by atoms with Crippen molar-refractivity contribution in [2.24, 2.45) is 0 Å². The number of rotatable bonds is 4. The molecule has 8 heteroatoms. The van der Waals surface area contributed by atoms with Gasteiger partial charge < -0.3 is 4.74 Å². The minimum Gasteiger partial charge on any atom is -0.489 e. The number of alkyl halides is 3. The van der Waals surface area contributed by atoms with Crippen LogP contribution in [0, 0.1) is 13.8 Å². The van der Waals surface area contributed by atoms with E-state index in [1.807, 2.05) is 26.0 Å². The van der Waals surface area contributed by atoms with Gasteiger partial charge in [-0.2, -0.15) is 18.2 Å². The molecule has 2 aromatic carbocycles. The molecule has 0 unspecified atom stereocenters. The molecule has 0 bridgehead atoms. The van der Waals surface area contributed by atoms with Crippen molar-refractivity contribution in [3.8, 4) is 5.75 Å². The Morgan fingerprint density at radius 3 is 2.46 bits per heavy atom. The predicted octanol–water partition coefficient (Wildman–Crippen LogP) is 5.58. The summed E-state index contributed by atoms with van der Waals surface area (Å²) >= 11 is 0.683. The second-order valence-corrected chi connectivity index (χ2v) is 6.44. The van der Waals surface area contributed by atoms with Gasteiger partial charge in [-0.05, 0) is 43.9 Å². The quantitative estimate of drug-likeness (QED) is 0.551. The van der Waals surface area contributed by atoms with Gasteiger partial charge in [0.15, 0.2) is 0 Å². The Morgan fingerprint density at radius 1 is 1.19 bits per heavy atom. The standard InChI is InChI=1S/C18H18F3NO3S/c1-11-4-7-16(12(2)8-11)25-10-13-5-6-14(18(19,20)21)9-15(13)22(24)17(23)26-3/h4-9,24H,10H2,1-3H3. The number of thioether (sulfide) groups is 1. The minimum atomic E-state index is -4.59. The number of nitrogens with zero attached hydrogens (tertiary/aromatic N) is 1. The van der Waals surface area contributed by atoms with E-state index in [4.69, 9.17) is 4.74 Å². The fourth-order valence-corrected chi connectivity index (χ4v) is 2.63. The van der Waals surface area contributed by atoms with Crippen molar-refractivity contribution >= 4 is 22.7 Å². The number of carbonyl (C=O) groups excluding carboxylic acids is 1. The van der Waals surface area contributed by atoms with Crippen molar-refractivity contribution in [1.29, 1.82) is 0 Å². The summed E-state index contributed by atoms with van der Waals surface area (Å²) < 4.78 is 44.6. The van der Waals surface area contributed by atoms with E-state index in [-0.39, 0.29) is 22.9 Å². The Labute approximate surface area is 153 Å². The van der Waals surface area contributed by atoms with Crippen LogP contribution in [0.1, 0.15) is 22.3 Å². The molecule has 0 aliphatic rings. The van der Waals surface area contributed by atoms with Gasteiger partial charge in [0.25, 0.3) is 0 Å². The van der Waals surface area contributed by atoms with Crippen molar-refractivity contribution in [2.75, 3.05) is 11.3 Å². The second kappa shape index (κ2) is 8.01. The summed E-state index contributed by atoms with van der Waals surface area (Å²) in [4.78, 5) is 11.7. The number of carbonyl (C=O) groups is 1. The van der Waals surface area contributed by atoms with E-state index in [1.165, 1.54) is 12.3 Å². The maximum atomic E-state index is 13.0. The van der Waals surface area contributed by atoms with Gasteiger partial charge in [-0.15, -0.1) is 0 Å². The average Bonchev–Trinajstić information content (AvgIpc) is 2.58. The highest BCUT2D eigenvalue weighted by atomic mass is 32.2. The van der Waals surface area contributed by atoms with Crippen LogP contribution < -0.4 is 9.80 Å². The van der Waals surface area contributed by atoms with Crippen LogP contribution in [-0.4, -0.2) is 16.7 Å². The maximum absolute atomic E-state index is 13.0. The first kappa shape index (κ1) is 20.1. The number of hydrogen-bond acceptors (Lipinski definition) is 4.